The zero-order chi connectivity index (χ0) is 23.2. The van der Waals surface area contributed by atoms with Crippen LogP contribution in [0.5, 0.6) is 17.4 Å². The van der Waals surface area contributed by atoms with Gasteiger partial charge < -0.3 is 30.2 Å². The summed E-state index contributed by atoms with van der Waals surface area (Å²) < 4.78 is 11.0. The smallest absolute Gasteiger partial charge is 0.290 e. The Morgan fingerprint density at radius 1 is 1.18 bits per heavy atom. The lowest BCUT2D eigenvalue weighted by atomic mass is 9.89. The third-order valence-corrected chi connectivity index (χ3v) is 6.00. The van der Waals surface area contributed by atoms with Gasteiger partial charge in [0.2, 0.25) is 0 Å². The highest BCUT2D eigenvalue weighted by Gasteiger charge is 2.20. The van der Waals surface area contributed by atoms with Crippen LogP contribution in [-0.4, -0.2) is 42.1 Å². The first-order chi connectivity index (χ1) is 16.0. The van der Waals surface area contributed by atoms with E-state index in [0.717, 1.165) is 44.6 Å². The number of aromatic hydroxyl groups is 1. The molecule has 0 spiro atoms. The maximum Gasteiger partial charge on any atom is 0.290 e. The fraction of sp³-hybridized carbons (Fsp3) is 0.320. The summed E-state index contributed by atoms with van der Waals surface area (Å²) in [5.41, 5.74) is 8.07. The van der Waals surface area contributed by atoms with Crippen LogP contribution in [0.15, 0.2) is 59.0 Å². The molecule has 0 atom stereocenters. The second-order valence-electron chi connectivity index (χ2n) is 8.26. The molecule has 174 valence electrons. The second-order valence-corrected chi connectivity index (χ2v) is 8.70. The molecule has 0 bridgehead atoms. The van der Waals surface area contributed by atoms with Gasteiger partial charge in [0, 0.05) is 29.4 Å². The van der Waals surface area contributed by atoms with Crippen LogP contribution < -0.4 is 15.8 Å². The number of phenolic OH excluding ortho intramolecular Hbond substituents is 1. The number of nitrogens with zero attached hydrogens (tertiary/aromatic N) is 1. The molecule has 0 aliphatic carbocycles. The molecule has 1 amide bonds. The number of nitrogens with one attached hydrogen (secondary N) is 1. The average Bonchev–Trinajstić information content (AvgIpc) is 3.25. The maximum atomic E-state index is 12.4. The molecule has 4 N–H and O–H groups in total. The third-order valence-electron chi connectivity index (χ3n) is 5.79. The summed E-state index contributed by atoms with van der Waals surface area (Å²) in [6, 6.07) is 15.7. The minimum absolute atomic E-state index is 0.0176. The Morgan fingerprint density at radius 2 is 2.00 bits per heavy atom. The van der Waals surface area contributed by atoms with Crippen molar-refractivity contribution in [2.75, 3.05) is 31.9 Å². The number of hydrogen-bond donors (Lipinski definition) is 3. The van der Waals surface area contributed by atoms with Crippen molar-refractivity contribution in [2.24, 2.45) is 0 Å². The Labute approximate surface area is 198 Å². The van der Waals surface area contributed by atoms with Crippen LogP contribution in [0.4, 0.5) is 5.69 Å². The van der Waals surface area contributed by atoms with Gasteiger partial charge >= 0.3 is 0 Å². The number of halogens is 1. The van der Waals surface area contributed by atoms with E-state index in [2.05, 4.69) is 22.3 Å². The van der Waals surface area contributed by atoms with Gasteiger partial charge in [-0.1, -0.05) is 23.7 Å². The molecule has 1 aromatic heterocycles. The summed E-state index contributed by atoms with van der Waals surface area (Å²) in [7, 11) is 0. The Balaban J connectivity index is 1.17. The Hall–Kier alpha value is -3.16. The molecule has 1 fully saturated rings. The van der Waals surface area contributed by atoms with E-state index < -0.39 is 0 Å². The number of nitrogens with two attached hydrogens (primary N) is 1. The van der Waals surface area contributed by atoms with Crippen LogP contribution in [0.2, 0.25) is 5.02 Å². The summed E-state index contributed by atoms with van der Waals surface area (Å²) in [6.07, 6.45) is 3.10. The Morgan fingerprint density at radius 3 is 2.76 bits per heavy atom. The molecular formula is C25H28ClN3O4. The molecule has 33 heavy (non-hydrogen) atoms. The summed E-state index contributed by atoms with van der Waals surface area (Å²) >= 11 is 5.90. The number of carbonyl (C=O) groups excluding carboxylic acids is 1. The minimum Gasteiger partial charge on any atom is -0.508 e. The first-order valence-corrected chi connectivity index (χ1v) is 11.5. The van der Waals surface area contributed by atoms with Crippen LogP contribution in [0.1, 0.15) is 41.3 Å². The van der Waals surface area contributed by atoms with Crippen molar-refractivity contribution in [1.82, 2.24) is 10.2 Å². The lowest BCUT2D eigenvalue weighted by Crippen LogP contribution is -2.35. The first-order valence-electron chi connectivity index (χ1n) is 11.1. The molecule has 1 aliphatic heterocycles. The van der Waals surface area contributed by atoms with E-state index in [0.29, 0.717) is 23.2 Å². The summed E-state index contributed by atoms with van der Waals surface area (Å²) in [6.45, 7) is 3.60. The predicted molar refractivity (Wildman–Crippen MR) is 128 cm³/mol. The number of hydrogen-bond acceptors (Lipinski definition) is 6. The molecule has 3 aromatic rings. The predicted octanol–water partition coefficient (Wildman–Crippen LogP) is 5.01. The number of rotatable bonds is 8. The first kappa shape index (κ1) is 23.0. The van der Waals surface area contributed by atoms with Crippen molar-refractivity contribution in [1.29, 1.82) is 0 Å². The molecule has 1 saturated heterocycles. The number of phenols is 1. The van der Waals surface area contributed by atoms with E-state index in [1.807, 2.05) is 12.1 Å². The molecule has 0 unspecified atom stereocenters. The monoisotopic (exact) mass is 469 g/mol. The number of likely N-dealkylation sites (tertiary alicyclic amines) is 1. The van der Waals surface area contributed by atoms with E-state index in [-0.39, 0.29) is 23.4 Å². The van der Waals surface area contributed by atoms with Gasteiger partial charge in [-0.3, -0.25) is 4.79 Å². The van der Waals surface area contributed by atoms with Gasteiger partial charge in [0.1, 0.15) is 11.5 Å². The molecule has 7 nitrogen and oxygen atoms in total. The summed E-state index contributed by atoms with van der Waals surface area (Å²) in [5.74, 6) is 0.885. The number of carbonyl (C=O) groups is 1. The fourth-order valence-electron chi connectivity index (χ4n) is 4.11. The van der Waals surface area contributed by atoms with Gasteiger partial charge in [-0.15, -0.1) is 0 Å². The van der Waals surface area contributed by atoms with E-state index in [9.17, 15) is 9.90 Å². The maximum absolute atomic E-state index is 12.4. The number of benzene rings is 2. The van der Waals surface area contributed by atoms with Crippen LogP contribution in [0, 0.1) is 0 Å². The Kier molecular flexibility index (Phi) is 7.42. The highest BCUT2D eigenvalue weighted by Crippen LogP contribution is 2.30. The van der Waals surface area contributed by atoms with Crippen LogP contribution in [0.25, 0.3) is 0 Å². The van der Waals surface area contributed by atoms with Crippen molar-refractivity contribution >= 4 is 23.2 Å². The number of furan rings is 1. The Bertz CT molecular complexity index is 1070. The molecule has 0 radical (unpaired) electrons. The third kappa shape index (κ3) is 6.43. The zero-order valence-electron chi connectivity index (χ0n) is 18.3. The molecule has 1 aliphatic rings. The molecule has 4 rings (SSSR count). The molecule has 2 heterocycles. The summed E-state index contributed by atoms with van der Waals surface area (Å²) in [5, 5.41) is 12.8. The van der Waals surface area contributed by atoms with E-state index in [1.165, 1.54) is 17.7 Å². The standard InChI is InChI=1S/C25H28ClN3O4/c26-19-14-21(30)16-22(15-19)32-24-6-5-23(33-24)25(31)28-9-2-10-29-11-7-17(8-12-29)18-3-1-4-20(27)13-18/h1,3-6,13-17,30H,2,7-12,27H2,(H,28,31). The van der Waals surface area contributed by atoms with Crippen LogP contribution in [0.3, 0.4) is 0 Å². The molecular weight excluding hydrogens is 442 g/mol. The van der Waals surface area contributed by atoms with Gasteiger partial charge in [-0.05, 0) is 80.7 Å². The number of piperidine rings is 1. The molecule has 8 heteroatoms. The molecule has 0 saturated carbocycles. The van der Waals surface area contributed by atoms with Crippen molar-refractivity contribution < 1.29 is 19.1 Å². The van der Waals surface area contributed by atoms with Crippen molar-refractivity contribution in [3.63, 3.8) is 0 Å². The van der Waals surface area contributed by atoms with Crippen molar-refractivity contribution in [3.8, 4) is 17.4 Å². The zero-order valence-corrected chi connectivity index (χ0v) is 19.1. The molecule has 2 aromatic carbocycles. The van der Waals surface area contributed by atoms with E-state index in [1.54, 1.807) is 18.2 Å². The van der Waals surface area contributed by atoms with Crippen LogP contribution >= 0.6 is 11.6 Å². The lowest BCUT2D eigenvalue weighted by molar-refractivity contribution is 0.0918. The topological polar surface area (TPSA) is 101 Å². The van der Waals surface area contributed by atoms with Crippen molar-refractivity contribution in [3.05, 3.63) is 70.9 Å². The minimum atomic E-state index is -0.292. The van der Waals surface area contributed by atoms with Gasteiger partial charge in [0.15, 0.2) is 5.76 Å². The van der Waals surface area contributed by atoms with Gasteiger partial charge in [0.05, 0.1) is 0 Å². The average molecular weight is 470 g/mol. The normalized spacial score (nSPS) is 14.8. The highest BCUT2D eigenvalue weighted by molar-refractivity contribution is 6.30. The fourth-order valence-corrected chi connectivity index (χ4v) is 4.33. The largest absolute Gasteiger partial charge is 0.508 e. The van der Waals surface area contributed by atoms with E-state index >= 15 is 0 Å². The van der Waals surface area contributed by atoms with Crippen LogP contribution in [-0.2, 0) is 0 Å². The van der Waals surface area contributed by atoms with Gasteiger partial charge in [-0.2, -0.15) is 0 Å². The SMILES string of the molecule is Nc1cccc(C2CCN(CCCNC(=O)c3ccc(Oc4cc(O)cc(Cl)c4)o3)CC2)c1. The van der Waals surface area contributed by atoms with Gasteiger partial charge in [-0.25, -0.2) is 0 Å². The van der Waals surface area contributed by atoms with E-state index in [4.69, 9.17) is 26.5 Å². The highest BCUT2D eigenvalue weighted by atomic mass is 35.5. The number of anilines is 1. The van der Waals surface area contributed by atoms with Gasteiger partial charge in [0.25, 0.3) is 11.9 Å². The lowest BCUT2D eigenvalue weighted by Gasteiger charge is -2.32. The second kappa shape index (κ2) is 10.6. The number of ether oxygens (including phenoxy) is 1. The number of amides is 1. The van der Waals surface area contributed by atoms with Crippen molar-refractivity contribution in [2.45, 2.75) is 25.2 Å². The quantitative estimate of drug-likeness (QED) is 0.316. The number of nitrogen functional groups attached to an aromatic ring is 1. The summed E-state index contributed by atoms with van der Waals surface area (Å²) in [4.78, 5) is 14.8.